The minimum atomic E-state index is -1.36. The van der Waals surface area contributed by atoms with Gasteiger partial charge in [-0.2, -0.15) is 0 Å². The van der Waals surface area contributed by atoms with E-state index in [-0.39, 0.29) is 6.54 Å². The number of rotatable bonds is 7. The molecule has 0 saturated carbocycles. The highest BCUT2D eigenvalue weighted by Gasteiger charge is 2.36. The maximum absolute atomic E-state index is 13.7. The molecule has 0 radical (unpaired) electrons. The average molecular weight is 374 g/mol. The van der Waals surface area contributed by atoms with E-state index in [0.717, 1.165) is 0 Å². The summed E-state index contributed by atoms with van der Waals surface area (Å²) in [4.78, 5) is 25.1. The van der Waals surface area contributed by atoms with Crippen LogP contribution in [-0.2, 0) is 16.1 Å². The minimum Gasteiger partial charge on any atom is -0.493 e. The summed E-state index contributed by atoms with van der Waals surface area (Å²) in [5.41, 5.74) is -0.548. The van der Waals surface area contributed by atoms with E-state index in [1.807, 2.05) is 0 Å². The lowest BCUT2D eigenvalue weighted by Gasteiger charge is -2.23. The van der Waals surface area contributed by atoms with Gasteiger partial charge in [-0.25, -0.2) is 4.39 Å². The standard InChI is InChI=1S/C20H23FN2O4/c1-20(2,18(24)22-12-13-7-5-6-8-15(13)21)19(25)23-14-9-10-16(26-3)17(11-14)27-4/h5-11H,12H2,1-4H3,(H,22,24)(H,23,25). The Balaban J connectivity index is 2.05. The predicted octanol–water partition coefficient (Wildman–Crippen LogP) is 3.12. The van der Waals surface area contributed by atoms with Gasteiger partial charge in [0.15, 0.2) is 11.5 Å². The van der Waals surface area contributed by atoms with Gasteiger partial charge in [-0.3, -0.25) is 9.59 Å². The lowest BCUT2D eigenvalue weighted by atomic mass is 9.90. The fourth-order valence-electron chi connectivity index (χ4n) is 2.34. The molecule has 7 heteroatoms. The molecule has 0 aliphatic heterocycles. The molecule has 144 valence electrons. The second kappa shape index (κ2) is 8.53. The summed E-state index contributed by atoms with van der Waals surface area (Å²) in [5.74, 6) is -0.440. The monoisotopic (exact) mass is 374 g/mol. The van der Waals surface area contributed by atoms with Gasteiger partial charge in [0.1, 0.15) is 11.2 Å². The zero-order valence-corrected chi connectivity index (χ0v) is 15.8. The number of anilines is 1. The Morgan fingerprint density at radius 3 is 2.30 bits per heavy atom. The first-order valence-corrected chi connectivity index (χ1v) is 8.34. The third-order valence-corrected chi connectivity index (χ3v) is 4.17. The van der Waals surface area contributed by atoms with Crippen LogP contribution in [-0.4, -0.2) is 26.0 Å². The molecule has 0 atom stereocenters. The van der Waals surface area contributed by atoms with Crippen LogP contribution in [0.25, 0.3) is 0 Å². The Bertz CT molecular complexity index is 836. The second-order valence-electron chi connectivity index (χ2n) is 6.42. The summed E-state index contributed by atoms with van der Waals surface area (Å²) in [6.45, 7) is 3.00. The first-order valence-electron chi connectivity index (χ1n) is 8.34. The summed E-state index contributed by atoms with van der Waals surface area (Å²) in [7, 11) is 3.00. The number of carbonyl (C=O) groups is 2. The third-order valence-electron chi connectivity index (χ3n) is 4.17. The Morgan fingerprint density at radius 2 is 1.67 bits per heavy atom. The van der Waals surface area contributed by atoms with Gasteiger partial charge in [-0.1, -0.05) is 18.2 Å². The number of hydrogen-bond acceptors (Lipinski definition) is 4. The molecule has 0 bridgehead atoms. The molecule has 0 aliphatic rings. The van der Waals surface area contributed by atoms with E-state index in [9.17, 15) is 14.0 Å². The maximum atomic E-state index is 13.7. The van der Waals surface area contributed by atoms with Crippen molar-refractivity contribution in [3.63, 3.8) is 0 Å². The fourth-order valence-corrected chi connectivity index (χ4v) is 2.34. The Morgan fingerprint density at radius 1 is 1.00 bits per heavy atom. The molecule has 2 N–H and O–H groups in total. The van der Waals surface area contributed by atoms with E-state index in [1.54, 1.807) is 36.4 Å². The van der Waals surface area contributed by atoms with Gasteiger partial charge in [0.2, 0.25) is 11.8 Å². The second-order valence-corrected chi connectivity index (χ2v) is 6.42. The molecular formula is C20H23FN2O4. The van der Waals surface area contributed by atoms with Crippen LogP contribution in [0.15, 0.2) is 42.5 Å². The highest BCUT2D eigenvalue weighted by Crippen LogP contribution is 2.30. The molecule has 0 aliphatic carbocycles. The molecule has 2 amide bonds. The average Bonchev–Trinajstić information content (AvgIpc) is 2.66. The molecule has 2 aromatic rings. The van der Waals surface area contributed by atoms with Crippen LogP contribution in [0.4, 0.5) is 10.1 Å². The number of nitrogens with one attached hydrogen (secondary N) is 2. The quantitative estimate of drug-likeness (QED) is 0.730. The predicted molar refractivity (Wildman–Crippen MR) is 100 cm³/mol. The molecule has 0 fully saturated rings. The summed E-state index contributed by atoms with van der Waals surface area (Å²) in [6.07, 6.45) is 0. The molecular weight excluding hydrogens is 351 g/mol. The van der Waals surface area contributed by atoms with Crippen molar-refractivity contribution in [2.75, 3.05) is 19.5 Å². The van der Waals surface area contributed by atoms with Crippen LogP contribution < -0.4 is 20.1 Å². The number of amides is 2. The largest absolute Gasteiger partial charge is 0.493 e. The first kappa shape index (κ1) is 20.2. The number of hydrogen-bond donors (Lipinski definition) is 2. The van der Waals surface area contributed by atoms with Crippen LogP contribution in [0.2, 0.25) is 0 Å². The number of benzene rings is 2. The lowest BCUT2D eigenvalue weighted by Crippen LogP contribution is -2.45. The van der Waals surface area contributed by atoms with Gasteiger partial charge in [0.05, 0.1) is 14.2 Å². The van der Waals surface area contributed by atoms with Crippen molar-refractivity contribution in [3.05, 3.63) is 53.8 Å². The van der Waals surface area contributed by atoms with Crippen LogP contribution >= 0.6 is 0 Å². The highest BCUT2D eigenvalue weighted by molar-refractivity contribution is 6.09. The van der Waals surface area contributed by atoms with E-state index in [1.165, 1.54) is 34.1 Å². The normalized spacial score (nSPS) is 10.9. The van der Waals surface area contributed by atoms with Crippen molar-refractivity contribution in [1.29, 1.82) is 0 Å². The van der Waals surface area contributed by atoms with Crippen molar-refractivity contribution in [2.45, 2.75) is 20.4 Å². The molecule has 0 heterocycles. The van der Waals surface area contributed by atoms with Gasteiger partial charge in [-0.15, -0.1) is 0 Å². The number of methoxy groups -OCH3 is 2. The maximum Gasteiger partial charge on any atom is 0.239 e. The third kappa shape index (κ3) is 4.75. The van der Waals surface area contributed by atoms with Crippen LogP contribution in [0.1, 0.15) is 19.4 Å². The van der Waals surface area contributed by atoms with Gasteiger partial charge < -0.3 is 20.1 Å². The molecule has 2 rings (SSSR count). The van der Waals surface area contributed by atoms with E-state index in [4.69, 9.17) is 9.47 Å². The summed E-state index contributed by atoms with van der Waals surface area (Å²) < 4.78 is 24.0. The van der Waals surface area contributed by atoms with Crippen molar-refractivity contribution in [2.24, 2.45) is 5.41 Å². The topological polar surface area (TPSA) is 76.7 Å². The van der Waals surface area contributed by atoms with Crippen molar-refractivity contribution in [1.82, 2.24) is 5.32 Å². The van der Waals surface area contributed by atoms with Gasteiger partial charge >= 0.3 is 0 Å². The molecule has 2 aromatic carbocycles. The minimum absolute atomic E-state index is 0.00141. The number of carbonyl (C=O) groups excluding carboxylic acids is 2. The van der Waals surface area contributed by atoms with Gasteiger partial charge in [0.25, 0.3) is 0 Å². The van der Waals surface area contributed by atoms with E-state index in [0.29, 0.717) is 22.7 Å². The zero-order chi connectivity index (χ0) is 20.0. The van der Waals surface area contributed by atoms with Gasteiger partial charge in [0, 0.05) is 23.9 Å². The molecule has 0 spiro atoms. The first-order chi connectivity index (χ1) is 12.8. The van der Waals surface area contributed by atoms with Crippen molar-refractivity contribution in [3.8, 4) is 11.5 Å². The Hall–Kier alpha value is -3.09. The number of ether oxygens (including phenoxy) is 2. The van der Waals surface area contributed by atoms with E-state index >= 15 is 0 Å². The van der Waals surface area contributed by atoms with Crippen LogP contribution in [0, 0.1) is 11.2 Å². The zero-order valence-electron chi connectivity index (χ0n) is 15.8. The summed E-state index contributed by atoms with van der Waals surface area (Å²) >= 11 is 0. The van der Waals surface area contributed by atoms with E-state index in [2.05, 4.69) is 10.6 Å². The summed E-state index contributed by atoms with van der Waals surface area (Å²) in [5, 5.41) is 5.29. The molecule has 6 nitrogen and oxygen atoms in total. The summed E-state index contributed by atoms with van der Waals surface area (Å²) in [6, 6.07) is 11.0. The number of halogens is 1. The highest BCUT2D eigenvalue weighted by atomic mass is 19.1. The van der Waals surface area contributed by atoms with Crippen LogP contribution in [0.3, 0.4) is 0 Å². The molecule has 27 heavy (non-hydrogen) atoms. The Kier molecular flexibility index (Phi) is 6.39. The van der Waals surface area contributed by atoms with Crippen molar-refractivity contribution >= 4 is 17.5 Å². The van der Waals surface area contributed by atoms with Crippen molar-refractivity contribution < 1.29 is 23.5 Å². The van der Waals surface area contributed by atoms with Gasteiger partial charge in [-0.05, 0) is 32.0 Å². The van der Waals surface area contributed by atoms with E-state index < -0.39 is 23.0 Å². The van der Waals surface area contributed by atoms with Crippen LogP contribution in [0.5, 0.6) is 11.5 Å². The Labute approximate surface area is 157 Å². The molecule has 0 saturated heterocycles. The SMILES string of the molecule is COc1ccc(NC(=O)C(C)(C)C(=O)NCc2ccccc2F)cc1OC. The smallest absolute Gasteiger partial charge is 0.239 e. The molecule has 0 aromatic heterocycles. The lowest BCUT2D eigenvalue weighted by molar-refractivity contribution is -0.138. The molecule has 0 unspecified atom stereocenters. The fraction of sp³-hybridized carbons (Fsp3) is 0.300.